The van der Waals surface area contributed by atoms with Crippen LogP contribution in [0.3, 0.4) is 0 Å². The highest BCUT2D eigenvalue weighted by molar-refractivity contribution is 5.27. The summed E-state index contributed by atoms with van der Waals surface area (Å²) in [5.41, 5.74) is 4.63. The van der Waals surface area contributed by atoms with Crippen molar-refractivity contribution in [1.29, 1.82) is 0 Å². The number of rotatable bonds is 4. The highest BCUT2D eigenvalue weighted by Gasteiger charge is 2.13. The van der Waals surface area contributed by atoms with Gasteiger partial charge in [0.25, 0.3) is 5.56 Å². The largest absolute Gasteiger partial charge is 0.385 e. The Kier molecular flexibility index (Phi) is 3.68. The third-order valence-electron chi connectivity index (χ3n) is 2.20. The van der Waals surface area contributed by atoms with E-state index in [1.807, 2.05) is 6.92 Å². The molecule has 3 N–H and O–H groups in total. The third kappa shape index (κ3) is 2.47. The standard InChI is InChI=1S/C9H15N3O3/c1-3-6(5-15-2)12-7(10)4-8(13)11-9(12)14/h4,6H,3,5,10H2,1-2H3,(H,11,13,14). The van der Waals surface area contributed by atoms with Crippen molar-refractivity contribution in [3.05, 3.63) is 26.9 Å². The smallest absolute Gasteiger partial charge is 0.330 e. The lowest BCUT2D eigenvalue weighted by molar-refractivity contribution is 0.151. The van der Waals surface area contributed by atoms with E-state index in [2.05, 4.69) is 4.98 Å². The molecule has 15 heavy (non-hydrogen) atoms. The van der Waals surface area contributed by atoms with Crippen molar-refractivity contribution < 1.29 is 4.74 Å². The predicted octanol–water partition coefficient (Wildman–Crippen LogP) is -0.284. The maximum absolute atomic E-state index is 11.5. The molecule has 1 atom stereocenters. The number of nitrogens with two attached hydrogens (primary N) is 1. The van der Waals surface area contributed by atoms with Gasteiger partial charge in [0.05, 0.1) is 12.6 Å². The number of anilines is 1. The van der Waals surface area contributed by atoms with Gasteiger partial charge in [0, 0.05) is 13.2 Å². The van der Waals surface area contributed by atoms with Crippen LogP contribution in [0.2, 0.25) is 0 Å². The molecule has 1 rings (SSSR count). The Morgan fingerprint density at radius 1 is 1.60 bits per heavy atom. The first kappa shape index (κ1) is 11.5. The van der Waals surface area contributed by atoms with Crippen LogP contribution in [-0.4, -0.2) is 23.3 Å². The second-order valence-electron chi connectivity index (χ2n) is 3.25. The average molecular weight is 213 g/mol. The summed E-state index contributed by atoms with van der Waals surface area (Å²) in [4.78, 5) is 24.6. The third-order valence-corrected chi connectivity index (χ3v) is 2.20. The Balaban J connectivity index is 3.23. The minimum atomic E-state index is -0.496. The van der Waals surface area contributed by atoms with Crippen molar-refractivity contribution in [2.24, 2.45) is 0 Å². The van der Waals surface area contributed by atoms with Gasteiger partial charge in [-0.05, 0) is 6.42 Å². The van der Waals surface area contributed by atoms with Gasteiger partial charge in [0.2, 0.25) is 0 Å². The van der Waals surface area contributed by atoms with Crippen molar-refractivity contribution in [3.63, 3.8) is 0 Å². The van der Waals surface area contributed by atoms with E-state index < -0.39 is 11.2 Å². The van der Waals surface area contributed by atoms with Crippen molar-refractivity contribution in [2.45, 2.75) is 19.4 Å². The lowest BCUT2D eigenvalue weighted by Gasteiger charge is -2.18. The van der Waals surface area contributed by atoms with E-state index >= 15 is 0 Å². The van der Waals surface area contributed by atoms with Crippen molar-refractivity contribution in [1.82, 2.24) is 9.55 Å². The molecule has 1 aromatic heterocycles. The number of nitrogen functional groups attached to an aromatic ring is 1. The highest BCUT2D eigenvalue weighted by atomic mass is 16.5. The monoisotopic (exact) mass is 213 g/mol. The Morgan fingerprint density at radius 3 is 2.73 bits per heavy atom. The Morgan fingerprint density at radius 2 is 2.27 bits per heavy atom. The van der Waals surface area contributed by atoms with E-state index in [1.54, 1.807) is 7.11 Å². The van der Waals surface area contributed by atoms with Gasteiger partial charge in [-0.15, -0.1) is 0 Å². The molecule has 0 aliphatic heterocycles. The number of nitrogens with one attached hydrogen (secondary N) is 1. The molecule has 1 heterocycles. The molecular formula is C9H15N3O3. The number of nitrogens with zero attached hydrogens (tertiary/aromatic N) is 1. The molecule has 0 radical (unpaired) electrons. The lowest BCUT2D eigenvalue weighted by Crippen LogP contribution is -2.35. The molecule has 6 nitrogen and oxygen atoms in total. The van der Waals surface area contributed by atoms with Crippen LogP contribution >= 0.6 is 0 Å². The fourth-order valence-corrected chi connectivity index (χ4v) is 1.47. The topological polar surface area (TPSA) is 90.1 Å². The number of hydrogen-bond donors (Lipinski definition) is 2. The summed E-state index contributed by atoms with van der Waals surface area (Å²) in [5.74, 6) is 0.160. The van der Waals surface area contributed by atoms with E-state index in [9.17, 15) is 9.59 Å². The van der Waals surface area contributed by atoms with E-state index in [0.717, 1.165) is 0 Å². The molecule has 0 aliphatic carbocycles. The first-order chi connectivity index (χ1) is 7.10. The molecular weight excluding hydrogens is 198 g/mol. The average Bonchev–Trinajstić information content (AvgIpc) is 2.14. The predicted molar refractivity (Wildman–Crippen MR) is 56.9 cm³/mol. The molecule has 0 bridgehead atoms. The minimum Gasteiger partial charge on any atom is -0.385 e. The van der Waals surface area contributed by atoms with Crippen LogP contribution in [0.25, 0.3) is 0 Å². The zero-order valence-electron chi connectivity index (χ0n) is 8.82. The van der Waals surface area contributed by atoms with Gasteiger partial charge in [-0.2, -0.15) is 0 Å². The second-order valence-corrected chi connectivity index (χ2v) is 3.25. The molecule has 0 fully saturated rings. The Hall–Kier alpha value is -1.56. The van der Waals surface area contributed by atoms with Gasteiger partial charge in [0.15, 0.2) is 0 Å². The van der Waals surface area contributed by atoms with E-state index in [4.69, 9.17) is 10.5 Å². The summed E-state index contributed by atoms with van der Waals surface area (Å²) < 4.78 is 6.32. The van der Waals surface area contributed by atoms with Gasteiger partial charge in [0.1, 0.15) is 5.82 Å². The number of aromatic nitrogens is 2. The first-order valence-corrected chi connectivity index (χ1v) is 4.70. The Bertz CT molecular complexity index is 435. The summed E-state index contributed by atoms with van der Waals surface area (Å²) in [6, 6.07) is 1.04. The van der Waals surface area contributed by atoms with Gasteiger partial charge >= 0.3 is 5.69 Å². The minimum absolute atomic E-state index is 0.153. The molecule has 0 spiro atoms. The summed E-state index contributed by atoms with van der Waals surface area (Å²) >= 11 is 0. The normalized spacial score (nSPS) is 12.7. The van der Waals surface area contributed by atoms with Crippen LogP contribution in [0.4, 0.5) is 5.82 Å². The number of hydrogen-bond acceptors (Lipinski definition) is 4. The first-order valence-electron chi connectivity index (χ1n) is 4.70. The zero-order chi connectivity index (χ0) is 11.4. The van der Waals surface area contributed by atoms with Crippen LogP contribution in [0.1, 0.15) is 19.4 Å². The van der Waals surface area contributed by atoms with E-state index in [1.165, 1.54) is 10.6 Å². The van der Waals surface area contributed by atoms with E-state index in [-0.39, 0.29) is 11.9 Å². The number of H-pyrrole nitrogens is 1. The fourth-order valence-electron chi connectivity index (χ4n) is 1.47. The van der Waals surface area contributed by atoms with Crippen LogP contribution in [0.5, 0.6) is 0 Å². The fraction of sp³-hybridized carbons (Fsp3) is 0.556. The summed E-state index contributed by atoms with van der Waals surface area (Å²) in [6.07, 6.45) is 0.698. The molecule has 0 saturated heterocycles. The molecule has 0 amide bonds. The summed E-state index contributed by atoms with van der Waals surface area (Å²) in [6.45, 7) is 2.30. The van der Waals surface area contributed by atoms with Crippen molar-refractivity contribution >= 4 is 5.82 Å². The molecule has 1 aromatic rings. The van der Waals surface area contributed by atoms with Gasteiger partial charge in [-0.3, -0.25) is 14.3 Å². The molecule has 1 unspecified atom stereocenters. The summed E-state index contributed by atoms with van der Waals surface area (Å²) in [7, 11) is 1.55. The van der Waals surface area contributed by atoms with Crippen LogP contribution in [0.15, 0.2) is 15.7 Å². The van der Waals surface area contributed by atoms with Crippen LogP contribution in [0, 0.1) is 0 Å². The zero-order valence-corrected chi connectivity index (χ0v) is 8.82. The van der Waals surface area contributed by atoms with Crippen molar-refractivity contribution in [3.8, 4) is 0 Å². The van der Waals surface area contributed by atoms with Gasteiger partial charge in [-0.1, -0.05) is 6.92 Å². The van der Waals surface area contributed by atoms with Crippen LogP contribution < -0.4 is 17.0 Å². The highest BCUT2D eigenvalue weighted by Crippen LogP contribution is 2.11. The summed E-state index contributed by atoms with van der Waals surface area (Å²) in [5, 5.41) is 0. The molecule has 6 heteroatoms. The second kappa shape index (κ2) is 4.79. The molecule has 84 valence electrons. The van der Waals surface area contributed by atoms with Gasteiger partial charge < -0.3 is 10.5 Å². The van der Waals surface area contributed by atoms with Gasteiger partial charge in [-0.25, -0.2) is 4.79 Å². The SMILES string of the molecule is CCC(COC)n1c(N)cc(=O)[nH]c1=O. The number of aromatic amines is 1. The molecule has 0 saturated carbocycles. The molecule has 0 aliphatic rings. The van der Waals surface area contributed by atoms with Crippen molar-refractivity contribution in [2.75, 3.05) is 19.5 Å². The lowest BCUT2D eigenvalue weighted by atomic mass is 10.2. The maximum atomic E-state index is 11.5. The number of methoxy groups -OCH3 is 1. The Labute approximate surface area is 86.7 Å². The maximum Gasteiger partial charge on any atom is 0.330 e. The quantitative estimate of drug-likeness (QED) is 0.719. The van der Waals surface area contributed by atoms with Crippen LogP contribution in [-0.2, 0) is 4.74 Å². The van der Waals surface area contributed by atoms with E-state index in [0.29, 0.717) is 13.0 Å². The number of ether oxygens (including phenoxy) is 1. The molecule has 0 aromatic carbocycles.